The van der Waals surface area contributed by atoms with Crippen molar-refractivity contribution >= 4 is 0 Å². The summed E-state index contributed by atoms with van der Waals surface area (Å²) in [6.45, 7) is 3.74. The summed E-state index contributed by atoms with van der Waals surface area (Å²) in [5, 5.41) is 13.1. The van der Waals surface area contributed by atoms with E-state index in [2.05, 4.69) is 40.5 Å². The van der Waals surface area contributed by atoms with E-state index in [1.54, 1.807) is 0 Å². The molecule has 21 heavy (non-hydrogen) atoms. The molecule has 2 N–H and O–H groups in total. The molecule has 0 amide bonds. The Hall–Kier alpha value is -0.900. The number of benzene rings is 1. The van der Waals surface area contributed by atoms with Crippen LogP contribution in [0.5, 0.6) is 0 Å². The quantitative estimate of drug-likeness (QED) is 0.809. The molecular weight excluding hydrogens is 260 g/mol. The molecule has 0 bridgehead atoms. The Morgan fingerprint density at radius 2 is 2.00 bits per heavy atom. The summed E-state index contributed by atoms with van der Waals surface area (Å²) in [5.74, 6) is 0.690. The molecule has 2 aliphatic rings. The molecule has 0 aromatic heterocycles. The van der Waals surface area contributed by atoms with E-state index in [0.717, 1.165) is 19.0 Å². The van der Waals surface area contributed by atoms with Crippen molar-refractivity contribution in [2.45, 2.75) is 50.7 Å². The van der Waals surface area contributed by atoms with Gasteiger partial charge in [0.2, 0.25) is 0 Å². The van der Waals surface area contributed by atoms with Crippen LogP contribution in [0.4, 0.5) is 0 Å². The summed E-state index contributed by atoms with van der Waals surface area (Å²) in [7, 11) is 0. The van der Waals surface area contributed by atoms with Crippen LogP contribution in [-0.4, -0.2) is 41.8 Å². The van der Waals surface area contributed by atoms with Crippen LogP contribution in [0.3, 0.4) is 0 Å². The van der Waals surface area contributed by atoms with E-state index in [-0.39, 0.29) is 0 Å². The fourth-order valence-electron chi connectivity index (χ4n) is 3.55. The second-order valence-electron chi connectivity index (χ2n) is 6.68. The molecule has 0 spiro atoms. The molecule has 1 aliphatic carbocycles. The van der Waals surface area contributed by atoms with Gasteiger partial charge in [0.05, 0.1) is 0 Å². The molecule has 1 aromatic carbocycles. The Balaban J connectivity index is 1.55. The zero-order valence-electron chi connectivity index (χ0n) is 12.9. The van der Waals surface area contributed by atoms with Crippen LogP contribution < -0.4 is 5.32 Å². The summed E-state index contributed by atoms with van der Waals surface area (Å²) in [6.07, 6.45) is 6.13. The Morgan fingerprint density at radius 3 is 2.71 bits per heavy atom. The predicted molar refractivity (Wildman–Crippen MR) is 86.1 cm³/mol. The maximum absolute atomic E-state index is 9.35. The minimum absolute atomic E-state index is 0.305. The monoisotopic (exact) mass is 288 g/mol. The van der Waals surface area contributed by atoms with Gasteiger partial charge in [-0.1, -0.05) is 30.3 Å². The van der Waals surface area contributed by atoms with E-state index in [4.69, 9.17) is 0 Å². The summed E-state index contributed by atoms with van der Waals surface area (Å²) in [5.41, 5.74) is 1.41. The highest BCUT2D eigenvalue weighted by atomic mass is 16.3. The molecular formula is C18H28N2O. The SMILES string of the molecule is OCC[C@H](NC1CC1)[C@H]1CCCN(Cc2ccccc2)C1. The van der Waals surface area contributed by atoms with Crippen molar-refractivity contribution in [1.29, 1.82) is 0 Å². The molecule has 0 radical (unpaired) electrons. The first-order valence-electron chi connectivity index (χ1n) is 8.48. The van der Waals surface area contributed by atoms with Crippen molar-refractivity contribution in [2.75, 3.05) is 19.7 Å². The Labute approximate surface area is 128 Å². The van der Waals surface area contributed by atoms with Gasteiger partial charge in [0.15, 0.2) is 0 Å². The number of nitrogens with zero attached hydrogens (tertiary/aromatic N) is 1. The van der Waals surface area contributed by atoms with E-state index in [0.29, 0.717) is 18.6 Å². The van der Waals surface area contributed by atoms with Gasteiger partial charge in [-0.25, -0.2) is 0 Å². The Bertz CT molecular complexity index is 418. The average Bonchev–Trinajstić information content (AvgIpc) is 3.32. The van der Waals surface area contributed by atoms with E-state index >= 15 is 0 Å². The second kappa shape index (κ2) is 7.39. The third kappa shape index (κ3) is 4.53. The fraction of sp³-hybridized carbons (Fsp3) is 0.667. The summed E-state index contributed by atoms with van der Waals surface area (Å²) < 4.78 is 0. The van der Waals surface area contributed by atoms with Crippen LogP contribution in [0.25, 0.3) is 0 Å². The minimum Gasteiger partial charge on any atom is -0.396 e. The smallest absolute Gasteiger partial charge is 0.0445 e. The first-order chi connectivity index (χ1) is 10.3. The van der Waals surface area contributed by atoms with Gasteiger partial charge >= 0.3 is 0 Å². The lowest BCUT2D eigenvalue weighted by Gasteiger charge is -2.37. The highest BCUT2D eigenvalue weighted by Gasteiger charge is 2.31. The summed E-state index contributed by atoms with van der Waals surface area (Å²) in [4.78, 5) is 2.59. The van der Waals surface area contributed by atoms with Crippen LogP contribution in [0.1, 0.15) is 37.7 Å². The molecule has 3 heteroatoms. The highest BCUT2D eigenvalue weighted by molar-refractivity contribution is 5.14. The van der Waals surface area contributed by atoms with Crippen LogP contribution in [0.15, 0.2) is 30.3 Å². The van der Waals surface area contributed by atoms with Gasteiger partial charge in [-0.3, -0.25) is 4.90 Å². The van der Waals surface area contributed by atoms with E-state index < -0.39 is 0 Å². The number of aliphatic hydroxyl groups excluding tert-OH is 1. The van der Waals surface area contributed by atoms with Crippen molar-refractivity contribution in [2.24, 2.45) is 5.92 Å². The van der Waals surface area contributed by atoms with Crippen molar-refractivity contribution in [3.63, 3.8) is 0 Å². The zero-order chi connectivity index (χ0) is 14.5. The van der Waals surface area contributed by atoms with Gasteiger partial charge in [-0.05, 0) is 50.1 Å². The minimum atomic E-state index is 0.305. The number of hydrogen-bond donors (Lipinski definition) is 2. The van der Waals surface area contributed by atoms with Crippen molar-refractivity contribution < 1.29 is 5.11 Å². The fourth-order valence-corrected chi connectivity index (χ4v) is 3.55. The van der Waals surface area contributed by atoms with E-state index in [1.165, 1.54) is 44.3 Å². The third-order valence-corrected chi connectivity index (χ3v) is 4.83. The van der Waals surface area contributed by atoms with Crippen LogP contribution >= 0.6 is 0 Å². The summed E-state index contributed by atoms with van der Waals surface area (Å²) in [6, 6.07) is 12.0. The van der Waals surface area contributed by atoms with Crippen molar-refractivity contribution in [3.05, 3.63) is 35.9 Å². The Morgan fingerprint density at radius 1 is 1.19 bits per heavy atom. The first-order valence-corrected chi connectivity index (χ1v) is 8.48. The van der Waals surface area contributed by atoms with Crippen molar-refractivity contribution in [1.82, 2.24) is 10.2 Å². The lowest BCUT2D eigenvalue weighted by molar-refractivity contribution is 0.126. The molecule has 1 saturated carbocycles. The molecule has 1 aromatic rings. The molecule has 1 saturated heterocycles. The van der Waals surface area contributed by atoms with E-state index in [9.17, 15) is 5.11 Å². The normalized spacial score (nSPS) is 24.9. The van der Waals surface area contributed by atoms with E-state index in [1.807, 2.05) is 0 Å². The lowest BCUT2D eigenvalue weighted by Crippen LogP contribution is -2.46. The number of rotatable bonds is 7. The number of nitrogens with one attached hydrogen (secondary N) is 1. The first kappa shape index (κ1) is 15.0. The van der Waals surface area contributed by atoms with Crippen LogP contribution in [0, 0.1) is 5.92 Å². The molecule has 2 fully saturated rings. The third-order valence-electron chi connectivity index (χ3n) is 4.83. The standard InChI is InChI=1S/C18H28N2O/c21-12-10-18(19-17-8-9-17)16-7-4-11-20(14-16)13-15-5-2-1-3-6-15/h1-3,5-6,16-19,21H,4,7-14H2/t16-,18-/m0/s1. The summed E-state index contributed by atoms with van der Waals surface area (Å²) >= 11 is 0. The van der Waals surface area contributed by atoms with Gasteiger partial charge in [-0.2, -0.15) is 0 Å². The zero-order valence-corrected chi connectivity index (χ0v) is 12.9. The highest BCUT2D eigenvalue weighted by Crippen LogP contribution is 2.27. The average molecular weight is 288 g/mol. The molecule has 0 unspecified atom stereocenters. The molecule has 3 rings (SSSR count). The topological polar surface area (TPSA) is 35.5 Å². The molecule has 1 aliphatic heterocycles. The number of piperidine rings is 1. The van der Waals surface area contributed by atoms with Gasteiger partial charge < -0.3 is 10.4 Å². The van der Waals surface area contributed by atoms with Gasteiger partial charge in [-0.15, -0.1) is 0 Å². The lowest BCUT2D eigenvalue weighted by atomic mass is 9.88. The maximum atomic E-state index is 9.35. The van der Waals surface area contributed by atoms with Crippen molar-refractivity contribution in [3.8, 4) is 0 Å². The maximum Gasteiger partial charge on any atom is 0.0445 e. The van der Waals surface area contributed by atoms with Gasteiger partial charge in [0.1, 0.15) is 0 Å². The van der Waals surface area contributed by atoms with Gasteiger partial charge in [0, 0.05) is 31.8 Å². The molecule has 1 heterocycles. The Kier molecular flexibility index (Phi) is 5.28. The molecule has 3 nitrogen and oxygen atoms in total. The number of aliphatic hydroxyl groups is 1. The molecule has 2 atom stereocenters. The molecule has 116 valence electrons. The second-order valence-corrected chi connectivity index (χ2v) is 6.68. The van der Waals surface area contributed by atoms with Crippen LogP contribution in [0.2, 0.25) is 0 Å². The largest absolute Gasteiger partial charge is 0.396 e. The van der Waals surface area contributed by atoms with Gasteiger partial charge in [0.25, 0.3) is 0 Å². The van der Waals surface area contributed by atoms with Crippen LogP contribution in [-0.2, 0) is 6.54 Å². The number of likely N-dealkylation sites (tertiary alicyclic amines) is 1. The predicted octanol–water partition coefficient (Wildman–Crippen LogP) is 2.40. The number of hydrogen-bond acceptors (Lipinski definition) is 3.